The molecule has 2 unspecified atom stereocenters. The van der Waals surface area contributed by atoms with Crippen molar-refractivity contribution in [3.63, 3.8) is 0 Å². The van der Waals surface area contributed by atoms with E-state index in [1.165, 1.54) is 22.3 Å². The molecule has 0 radical (unpaired) electrons. The molecule has 0 spiro atoms. The van der Waals surface area contributed by atoms with Gasteiger partial charge in [-0.15, -0.1) is 0 Å². The largest absolute Gasteiger partial charge is 0.448 e. The third-order valence-electron chi connectivity index (χ3n) is 7.50. The Balaban J connectivity index is 1.19. The Morgan fingerprint density at radius 2 is 1.62 bits per heavy atom. The Morgan fingerprint density at radius 1 is 1.03 bits per heavy atom. The van der Waals surface area contributed by atoms with Gasteiger partial charge in [-0.3, -0.25) is 4.68 Å². The summed E-state index contributed by atoms with van der Waals surface area (Å²) in [4.78, 5) is 15.1. The van der Waals surface area contributed by atoms with E-state index < -0.39 is 5.60 Å². The first-order chi connectivity index (χ1) is 15.5. The Hall–Kier alpha value is -3.12. The van der Waals surface area contributed by atoms with Gasteiger partial charge in [-0.05, 0) is 41.2 Å². The van der Waals surface area contributed by atoms with Crippen molar-refractivity contribution in [3.05, 3.63) is 77.6 Å². The van der Waals surface area contributed by atoms with Crippen LogP contribution in [0.15, 0.2) is 60.8 Å². The Labute approximate surface area is 187 Å². The number of hydrogen-bond acceptors (Lipinski definition) is 4. The molecule has 6 nitrogen and oxygen atoms in total. The van der Waals surface area contributed by atoms with Crippen molar-refractivity contribution >= 4 is 6.09 Å². The molecule has 3 aliphatic rings. The predicted molar refractivity (Wildman–Crippen MR) is 120 cm³/mol. The summed E-state index contributed by atoms with van der Waals surface area (Å²) < 4.78 is 7.64. The highest BCUT2D eigenvalue weighted by molar-refractivity contribution is 5.79. The molecule has 2 fully saturated rings. The SMILES string of the molecule is Cn1ccc(C2(O)CC3CCC(C2)N3C(=O)OCC2c3ccccc3-c3ccccc32)n1. The molecule has 3 heterocycles. The topological polar surface area (TPSA) is 67.6 Å². The van der Waals surface area contributed by atoms with Crippen molar-refractivity contribution in [1.82, 2.24) is 14.7 Å². The van der Waals surface area contributed by atoms with Crippen LogP contribution in [0.3, 0.4) is 0 Å². The minimum Gasteiger partial charge on any atom is -0.448 e. The van der Waals surface area contributed by atoms with E-state index in [4.69, 9.17) is 4.74 Å². The fourth-order valence-corrected chi connectivity index (χ4v) is 6.06. The van der Waals surface area contributed by atoms with Gasteiger partial charge in [-0.1, -0.05) is 48.5 Å². The maximum atomic E-state index is 13.2. The molecule has 2 atom stereocenters. The summed E-state index contributed by atoms with van der Waals surface area (Å²) >= 11 is 0. The molecule has 32 heavy (non-hydrogen) atoms. The second-order valence-corrected chi connectivity index (χ2v) is 9.41. The molecule has 6 heteroatoms. The minimum absolute atomic E-state index is 0.0172. The van der Waals surface area contributed by atoms with Gasteiger partial charge in [0.2, 0.25) is 0 Å². The van der Waals surface area contributed by atoms with E-state index in [1.54, 1.807) is 4.68 Å². The van der Waals surface area contributed by atoms with Crippen LogP contribution in [0.25, 0.3) is 11.1 Å². The highest BCUT2D eigenvalue weighted by atomic mass is 16.6. The van der Waals surface area contributed by atoms with Gasteiger partial charge in [0.15, 0.2) is 0 Å². The zero-order valence-corrected chi connectivity index (χ0v) is 18.1. The van der Waals surface area contributed by atoms with Crippen molar-refractivity contribution in [2.24, 2.45) is 7.05 Å². The molecule has 1 aliphatic carbocycles. The quantitative estimate of drug-likeness (QED) is 0.678. The van der Waals surface area contributed by atoms with Gasteiger partial charge in [0, 0.05) is 44.1 Å². The van der Waals surface area contributed by atoms with Crippen LogP contribution in [-0.2, 0) is 17.4 Å². The molecular weight excluding hydrogens is 402 g/mol. The average Bonchev–Trinajstić information content (AvgIpc) is 3.46. The number of fused-ring (bicyclic) bond motifs is 5. The molecule has 1 aromatic heterocycles. The van der Waals surface area contributed by atoms with Crippen LogP contribution in [0.4, 0.5) is 4.79 Å². The summed E-state index contributed by atoms with van der Waals surface area (Å²) in [7, 11) is 1.85. The molecule has 2 bridgehead atoms. The summed E-state index contributed by atoms with van der Waals surface area (Å²) in [6, 6.07) is 18.6. The van der Waals surface area contributed by atoms with E-state index >= 15 is 0 Å². The molecule has 1 N–H and O–H groups in total. The molecule has 6 rings (SSSR count). The highest BCUT2D eigenvalue weighted by Crippen LogP contribution is 2.47. The Morgan fingerprint density at radius 3 is 2.19 bits per heavy atom. The predicted octanol–water partition coefficient (Wildman–Crippen LogP) is 4.18. The number of carbonyl (C=O) groups is 1. The van der Waals surface area contributed by atoms with E-state index in [9.17, 15) is 9.90 Å². The van der Waals surface area contributed by atoms with Crippen LogP contribution in [0.1, 0.15) is 48.4 Å². The van der Waals surface area contributed by atoms with Crippen molar-refractivity contribution < 1.29 is 14.6 Å². The number of ether oxygens (including phenoxy) is 1. The maximum absolute atomic E-state index is 13.2. The van der Waals surface area contributed by atoms with Crippen LogP contribution < -0.4 is 0 Å². The zero-order chi connectivity index (χ0) is 21.9. The number of rotatable bonds is 3. The van der Waals surface area contributed by atoms with Gasteiger partial charge in [-0.2, -0.15) is 5.10 Å². The second kappa shape index (κ2) is 7.20. The number of amides is 1. The molecule has 3 aromatic rings. The molecule has 2 aliphatic heterocycles. The zero-order valence-electron chi connectivity index (χ0n) is 18.1. The highest BCUT2D eigenvalue weighted by Gasteiger charge is 2.51. The van der Waals surface area contributed by atoms with Crippen molar-refractivity contribution in [2.75, 3.05) is 6.61 Å². The molecule has 2 saturated heterocycles. The number of piperidine rings is 1. The number of nitrogens with zero attached hydrogens (tertiary/aromatic N) is 3. The maximum Gasteiger partial charge on any atom is 0.410 e. The third kappa shape index (κ3) is 2.97. The van der Waals surface area contributed by atoms with Gasteiger partial charge in [0.25, 0.3) is 0 Å². The first-order valence-electron chi connectivity index (χ1n) is 11.4. The molecular formula is C26H27N3O3. The van der Waals surface area contributed by atoms with Crippen LogP contribution in [0.5, 0.6) is 0 Å². The van der Waals surface area contributed by atoms with Gasteiger partial charge in [0.1, 0.15) is 12.2 Å². The average molecular weight is 430 g/mol. The molecule has 0 saturated carbocycles. The lowest BCUT2D eigenvalue weighted by Gasteiger charge is -2.42. The van der Waals surface area contributed by atoms with Crippen LogP contribution in [0.2, 0.25) is 0 Å². The Bertz CT molecular complexity index is 1130. The van der Waals surface area contributed by atoms with Crippen molar-refractivity contribution in [3.8, 4) is 11.1 Å². The number of hydrogen-bond donors (Lipinski definition) is 1. The Kier molecular flexibility index (Phi) is 4.40. The van der Waals surface area contributed by atoms with E-state index in [0.29, 0.717) is 25.1 Å². The first-order valence-corrected chi connectivity index (χ1v) is 11.4. The van der Waals surface area contributed by atoms with Crippen LogP contribution in [0, 0.1) is 0 Å². The van der Waals surface area contributed by atoms with Crippen LogP contribution >= 0.6 is 0 Å². The fourth-order valence-electron chi connectivity index (χ4n) is 6.06. The second-order valence-electron chi connectivity index (χ2n) is 9.41. The van der Waals surface area contributed by atoms with Crippen molar-refractivity contribution in [1.29, 1.82) is 0 Å². The molecule has 1 amide bonds. The number of aromatic nitrogens is 2. The summed E-state index contributed by atoms with van der Waals surface area (Å²) in [5.41, 5.74) is 4.60. The number of benzene rings is 2. The number of carbonyl (C=O) groups excluding carboxylic acids is 1. The van der Waals surface area contributed by atoms with E-state index in [0.717, 1.165) is 12.8 Å². The number of aliphatic hydroxyl groups is 1. The van der Waals surface area contributed by atoms with Gasteiger partial charge in [0.05, 0.1) is 5.69 Å². The molecule has 2 aromatic carbocycles. The van der Waals surface area contributed by atoms with Gasteiger partial charge >= 0.3 is 6.09 Å². The van der Waals surface area contributed by atoms with Crippen LogP contribution in [-0.4, -0.2) is 44.6 Å². The monoisotopic (exact) mass is 429 g/mol. The van der Waals surface area contributed by atoms with Gasteiger partial charge in [-0.25, -0.2) is 4.79 Å². The third-order valence-corrected chi connectivity index (χ3v) is 7.50. The summed E-state index contributed by atoms with van der Waals surface area (Å²) in [6.07, 6.45) is 4.39. The fraction of sp³-hybridized carbons (Fsp3) is 0.385. The lowest BCUT2D eigenvalue weighted by molar-refractivity contribution is -0.0561. The summed E-state index contributed by atoms with van der Waals surface area (Å²) in [6.45, 7) is 0.327. The van der Waals surface area contributed by atoms with Gasteiger partial charge < -0.3 is 14.7 Å². The van der Waals surface area contributed by atoms with E-state index in [1.807, 2.05) is 36.3 Å². The number of aryl methyl sites for hydroxylation is 1. The van der Waals surface area contributed by atoms with E-state index in [2.05, 4.69) is 41.5 Å². The normalized spacial score (nSPS) is 26.1. The summed E-state index contributed by atoms with van der Waals surface area (Å²) in [5, 5.41) is 15.7. The lowest BCUT2D eigenvalue weighted by atomic mass is 9.84. The standard InChI is InChI=1S/C26H27N3O3/c1-28-13-12-24(27-28)26(31)14-17-10-11-18(15-26)29(17)25(30)32-16-23-21-8-4-2-6-19(21)20-7-3-5-9-22(20)23/h2-9,12-13,17-18,23,31H,10-11,14-16H2,1H3. The van der Waals surface area contributed by atoms with E-state index in [-0.39, 0.29) is 24.1 Å². The summed E-state index contributed by atoms with van der Waals surface area (Å²) in [5.74, 6) is 0.0549. The lowest BCUT2D eigenvalue weighted by Crippen LogP contribution is -2.52. The smallest absolute Gasteiger partial charge is 0.410 e. The first kappa shape index (κ1) is 19.6. The van der Waals surface area contributed by atoms with Crippen molar-refractivity contribution in [2.45, 2.75) is 49.3 Å². The minimum atomic E-state index is -0.979. The molecule has 164 valence electrons.